The minimum Gasteiger partial charge on any atom is -0.341 e. The van der Waals surface area contributed by atoms with E-state index in [0.29, 0.717) is 0 Å². The SMILES string of the molecule is CC(C)OC1(OC(C)C)C(Cl)=C(C(F)(F)F)N=C(Cl)C1Cl. The quantitative estimate of drug-likeness (QED) is 0.527. The minimum atomic E-state index is -4.81. The molecule has 21 heavy (non-hydrogen) atoms. The zero-order chi connectivity index (χ0) is 16.6. The summed E-state index contributed by atoms with van der Waals surface area (Å²) in [5.74, 6) is -2.03. The van der Waals surface area contributed by atoms with Crippen LogP contribution in [0.3, 0.4) is 0 Å². The monoisotopic (exact) mass is 367 g/mol. The predicted molar refractivity (Wildman–Crippen MR) is 77.0 cm³/mol. The van der Waals surface area contributed by atoms with Gasteiger partial charge in [-0.1, -0.05) is 23.2 Å². The lowest BCUT2D eigenvalue weighted by molar-refractivity contribution is -0.237. The second kappa shape index (κ2) is 6.62. The molecular formula is C12H15Cl3F3NO2. The molecule has 0 fully saturated rings. The van der Waals surface area contributed by atoms with E-state index >= 15 is 0 Å². The van der Waals surface area contributed by atoms with Crippen LogP contribution in [0.5, 0.6) is 0 Å². The Hall–Kier alpha value is -0.0100. The van der Waals surface area contributed by atoms with Gasteiger partial charge in [-0.3, -0.25) is 0 Å². The third-order valence-corrected chi connectivity index (χ3v) is 3.72. The molecule has 1 rings (SSSR count). The molecule has 0 N–H and O–H groups in total. The largest absolute Gasteiger partial charge is 0.434 e. The van der Waals surface area contributed by atoms with Crippen molar-refractivity contribution < 1.29 is 22.6 Å². The van der Waals surface area contributed by atoms with Gasteiger partial charge in [0.25, 0.3) is 0 Å². The first-order valence-corrected chi connectivity index (χ1v) is 7.32. The van der Waals surface area contributed by atoms with Crippen molar-refractivity contribution in [2.75, 3.05) is 0 Å². The maximum atomic E-state index is 13.0. The Morgan fingerprint density at radius 3 is 1.86 bits per heavy atom. The first-order chi connectivity index (χ1) is 9.41. The fraction of sp³-hybridized carbons (Fsp3) is 0.750. The molecule has 1 aliphatic rings. The molecule has 0 spiro atoms. The number of ether oxygens (including phenoxy) is 2. The Morgan fingerprint density at radius 1 is 1.10 bits per heavy atom. The van der Waals surface area contributed by atoms with Crippen molar-refractivity contribution in [2.24, 2.45) is 4.99 Å². The van der Waals surface area contributed by atoms with Crippen LogP contribution >= 0.6 is 34.8 Å². The molecule has 9 heteroatoms. The van der Waals surface area contributed by atoms with Crippen LogP contribution in [0.15, 0.2) is 15.7 Å². The average Bonchev–Trinajstić information content (AvgIpc) is 2.28. The molecule has 0 aromatic carbocycles. The zero-order valence-corrected chi connectivity index (χ0v) is 14.0. The Labute approximate surface area is 136 Å². The lowest BCUT2D eigenvalue weighted by Crippen LogP contribution is -2.53. The second-order valence-corrected chi connectivity index (χ2v) is 6.16. The minimum absolute atomic E-state index is 0.491. The first-order valence-electron chi connectivity index (χ1n) is 6.13. The molecule has 3 nitrogen and oxygen atoms in total. The van der Waals surface area contributed by atoms with Gasteiger partial charge in [0.05, 0.1) is 12.2 Å². The van der Waals surface area contributed by atoms with E-state index in [9.17, 15) is 13.2 Å². The molecule has 1 unspecified atom stereocenters. The molecule has 0 bridgehead atoms. The zero-order valence-electron chi connectivity index (χ0n) is 11.8. The van der Waals surface area contributed by atoms with Gasteiger partial charge in [-0.25, -0.2) is 4.99 Å². The van der Waals surface area contributed by atoms with Gasteiger partial charge in [0.1, 0.15) is 15.6 Å². The number of nitrogens with zero attached hydrogens (tertiary/aromatic N) is 1. The summed E-state index contributed by atoms with van der Waals surface area (Å²) >= 11 is 17.7. The van der Waals surface area contributed by atoms with E-state index < -0.39 is 45.4 Å². The number of hydrogen-bond donors (Lipinski definition) is 0. The van der Waals surface area contributed by atoms with Crippen molar-refractivity contribution in [2.45, 2.75) is 57.2 Å². The van der Waals surface area contributed by atoms with Gasteiger partial charge >= 0.3 is 6.18 Å². The summed E-state index contributed by atoms with van der Waals surface area (Å²) in [5.41, 5.74) is -1.37. The molecule has 1 aliphatic heterocycles. The van der Waals surface area contributed by atoms with Gasteiger partial charge in [0.15, 0.2) is 5.70 Å². The van der Waals surface area contributed by atoms with Crippen LogP contribution in [-0.2, 0) is 9.47 Å². The van der Waals surface area contributed by atoms with Crippen molar-refractivity contribution in [3.05, 3.63) is 10.7 Å². The highest BCUT2D eigenvalue weighted by atomic mass is 35.5. The van der Waals surface area contributed by atoms with Gasteiger partial charge < -0.3 is 9.47 Å². The topological polar surface area (TPSA) is 30.8 Å². The molecule has 0 aliphatic carbocycles. The van der Waals surface area contributed by atoms with Gasteiger partial charge in [0.2, 0.25) is 5.79 Å². The fourth-order valence-electron chi connectivity index (χ4n) is 1.78. The fourth-order valence-corrected chi connectivity index (χ4v) is 2.68. The van der Waals surface area contributed by atoms with Crippen molar-refractivity contribution in [3.8, 4) is 0 Å². The van der Waals surface area contributed by atoms with Gasteiger partial charge in [0, 0.05) is 0 Å². The summed E-state index contributed by atoms with van der Waals surface area (Å²) in [6.07, 6.45) is -5.81. The van der Waals surface area contributed by atoms with E-state index in [-0.39, 0.29) is 0 Å². The van der Waals surface area contributed by atoms with Gasteiger partial charge in [-0.2, -0.15) is 13.2 Å². The molecule has 0 radical (unpaired) electrons. The summed E-state index contributed by atoms with van der Waals surface area (Å²) in [7, 11) is 0. The van der Waals surface area contributed by atoms with Crippen LogP contribution in [0.1, 0.15) is 27.7 Å². The normalized spacial score (nSPS) is 23.0. The maximum absolute atomic E-state index is 13.0. The van der Waals surface area contributed by atoms with E-state index in [0.717, 1.165) is 0 Å². The van der Waals surface area contributed by atoms with Crippen molar-refractivity contribution >= 4 is 40.0 Å². The summed E-state index contributed by atoms with van der Waals surface area (Å²) in [4.78, 5) is 3.24. The first kappa shape index (κ1) is 19.0. The van der Waals surface area contributed by atoms with Crippen LogP contribution < -0.4 is 0 Å². The predicted octanol–water partition coefficient (Wildman–Crippen LogP) is 4.80. The van der Waals surface area contributed by atoms with E-state index in [2.05, 4.69) is 4.99 Å². The number of hydrogen-bond acceptors (Lipinski definition) is 3. The van der Waals surface area contributed by atoms with Crippen molar-refractivity contribution in [1.82, 2.24) is 0 Å². The number of halogens is 6. The summed E-state index contributed by atoms with van der Waals surface area (Å²) < 4.78 is 50.1. The average molecular weight is 369 g/mol. The van der Waals surface area contributed by atoms with Crippen molar-refractivity contribution in [3.63, 3.8) is 0 Å². The Morgan fingerprint density at radius 2 is 1.52 bits per heavy atom. The summed E-state index contributed by atoms with van der Waals surface area (Å²) in [6, 6.07) is 0. The van der Waals surface area contributed by atoms with Gasteiger partial charge in [-0.05, 0) is 27.7 Å². The lowest BCUT2D eigenvalue weighted by atomic mass is 10.1. The maximum Gasteiger partial charge on any atom is 0.434 e. The molecule has 0 aromatic rings. The van der Waals surface area contributed by atoms with E-state index in [1.165, 1.54) is 0 Å². The second-order valence-electron chi connectivity index (χ2n) is 4.96. The summed E-state index contributed by atoms with van der Waals surface area (Å²) in [5, 5.41) is -2.54. The molecule has 122 valence electrons. The Kier molecular flexibility index (Phi) is 6.00. The Bertz CT molecular complexity index is 451. The van der Waals surface area contributed by atoms with Crippen LogP contribution in [0.25, 0.3) is 0 Å². The lowest BCUT2D eigenvalue weighted by Gasteiger charge is -2.41. The smallest absolute Gasteiger partial charge is 0.341 e. The van der Waals surface area contributed by atoms with Crippen LogP contribution in [-0.4, -0.2) is 34.7 Å². The highest BCUT2D eigenvalue weighted by Crippen LogP contribution is 2.46. The van der Waals surface area contributed by atoms with Crippen LogP contribution in [0.2, 0.25) is 0 Å². The molecule has 0 amide bonds. The van der Waals surface area contributed by atoms with Crippen LogP contribution in [0.4, 0.5) is 13.2 Å². The van der Waals surface area contributed by atoms with Gasteiger partial charge in [-0.15, -0.1) is 11.6 Å². The standard InChI is InChI=1S/C12H15Cl3F3NO2/c1-5(2)20-11(21-6(3)4)7(13)9(12(16,17)18)19-10(15)8(11)14/h5-6,8H,1-4H3. The molecular weight excluding hydrogens is 353 g/mol. The molecule has 1 atom stereocenters. The number of alkyl halides is 4. The summed E-state index contributed by atoms with van der Waals surface area (Å²) in [6.45, 7) is 6.47. The highest BCUT2D eigenvalue weighted by molar-refractivity contribution is 6.71. The molecule has 1 heterocycles. The molecule has 0 saturated heterocycles. The van der Waals surface area contributed by atoms with E-state index in [4.69, 9.17) is 44.3 Å². The van der Waals surface area contributed by atoms with Crippen molar-refractivity contribution in [1.29, 1.82) is 0 Å². The van der Waals surface area contributed by atoms with E-state index in [1.807, 2.05) is 0 Å². The van der Waals surface area contributed by atoms with Crippen LogP contribution in [0, 0.1) is 0 Å². The molecule has 0 saturated carbocycles. The number of aliphatic imine (C=N–C) groups is 1. The molecule has 0 aromatic heterocycles. The highest BCUT2D eigenvalue weighted by Gasteiger charge is 2.55. The Balaban J connectivity index is 3.50. The third kappa shape index (κ3) is 4.05. The number of rotatable bonds is 4. The number of allylic oxidation sites excluding steroid dienone is 1. The van der Waals surface area contributed by atoms with E-state index in [1.54, 1.807) is 27.7 Å². The third-order valence-electron chi connectivity index (χ3n) is 2.37.